The first-order valence-corrected chi connectivity index (χ1v) is 8.54. The topological polar surface area (TPSA) is 59.3 Å². The lowest BCUT2D eigenvalue weighted by molar-refractivity contribution is 0.232. The van der Waals surface area contributed by atoms with Gasteiger partial charge < -0.3 is 9.64 Å². The number of ether oxygens (including phenoxy) is 1. The molecule has 2 aromatic rings. The minimum Gasteiger partial charge on any atom is -0.472 e. The van der Waals surface area contributed by atoms with Gasteiger partial charge in [0.05, 0.1) is 12.3 Å². The quantitative estimate of drug-likeness (QED) is 0.832. The van der Waals surface area contributed by atoms with Crippen molar-refractivity contribution < 1.29 is 4.74 Å². The Morgan fingerprint density at radius 1 is 1.12 bits per heavy atom. The molecule has 0 aliphatic carbocycles. The molecule has 1 aliphatic heterocycles. The molecule has 2 aromatic heterocycles. The number of hydrogen-bond donors (Lipinski definition) is 0. The molecule has 1 saturated heterocycles. The number of anilines is 1. The van der Waals surface area contributed by atoms with Crippen molar-refractivity contribution >= 4 is 5.82 Å². The number of aryl methyl sites for hydroxylation is 1. The van der Waals surface area contributed by atoms with Gasteiger partial charge in [0.1, 0.15) is 0 Å². The minimum atomic E-state index is 0.0921. The molecular formula is C17H26N6O. The molecular weight excluding hydrogens is 304 g/mol. The monoisotopic (exact) mass is 330 g/mol. The summed E-state index contributed by atoms with van der Waals surface area (Å²) in [4.78, 5) is 13.6. The zero-order valence-corrected chi connectivity index (χ0v) is 14.7. The van der Waals surface area contributed by atoms with Gasteiger partial charge in [-0.1, -0.05) is 0 Å². The van der Waals surface area contributed by atoms with Crippen LogP contribution in [0.2, 0.25) is 0 Å². The predicted molar refractivity (Wildman–Crippen MR) is 93.1 cm³/mol. The van der Waals surface area contributed by atoms with E-state index >= 15 is 0 Å². The highest BCUT2D eigenvalue weighted by Crippen LogP contribution is 2.24. The van der Waals surface area contributed by atoms with Crippen LogP contribution in [0.15, 0.2) is 24.8 Å². The summed E-state index contributed by atoms with van der Waals surface area (Å²) < 4.78 is 7.68. The summed E-state index contributed by atoms with van der Waals surface area (Å²) in [6.07, 6.45) is 8.64. The van der Waals surface area contributed by atoms with E-state index in [9.17, 15) is 0 Å². The molecule has 0 saturated carbocycles. The van der Waals surface area contributed by atoms with Crippen molar-refractivity contribution in [3.8, 4) is 5.88 Å². The first-order valence-electron chi connectivity index (χ1n) is 8.54. The zero-order chi connectivity index (χ0) is 16.9. The first kappa shape index (κ1) is 16.7. The molecule has 0 aromatic carbocycles. The smallest absolute Gasteiger partial charge is 0.257 e. The van der Waals surface area contributed by atoms with Gasteiger partial charge in [0, 0.05) is 63.9 Å². The van der Waals surface area contributed by atoms with Gasteiger partial charge in [-0.25, -0.2) is 9.97 Å². The fraction of sp³-hybridized carbons (Fsp3) is 0.588. The Bertz CT molecular complexity index is 656. The molecule has 130 valence electrons. The van der Waals surface area contributed by atoms with Gasteiger partial charge in [0.25, 0.3) is 5.88 Å². The Balaban J connectivity index is 1.65. The molecule has 0 bridgehead atoms. The van der Waals surface area contributed by atoms with E-state index in [1.165, 1.54) is 5.56 Å². The van der Waals surface area contributed by atoms with E-state index in [-0.39, 0.29) is 6.10 Å². The molecule has 7 nitrogen and oxygen atoms in total. The highest BCUT2D eigenvalue weighted by atomic mass is 16.5. The van der Waals surface area contributed by atoms with Crippen LogP contribution in [0.1, 0.15) is 25.8 Å². The molecule has 0 spiro atoms. The third-order valence-electron chi connectivity index (χ3n) is 4.05. The van der Waals surface area contributed by atoms with Crippen molar-refractivity contribution in [2.24, 2.45) is 7.05 Å². The molecule has 1 aliphatic rings. The normalized spacial score (nSPS) is 16.4. The first-order chi connectivity index (χ1) is 11.6. The van der Waals surface area contributed by atoms with Gasteiger partial charge in [-0.2, -0.15) is 5.10 Å². The summed E-state index contributed by atoms with van der Waals surface area (Å²) in [6, 6.07) is 0. The maximum absolute atomic E-state index is 5.82. The Labute approximate surface area is 143 Å². The summed E-state index contributed by atoms with van der Waals surface area (Å²) in [5.41, 5.74) is 1.26. The third-order valence-corrected chi connectivity index (χ3v) is 4.05. The van der Waals surface area contributed by atoms with Crippen LogP contribution in [0, 0.1) is 0 Å². The van der Waals surface area contributed by atoms with Crippen LogP contribution < -0.4 is 9.64 Å². The van der Waals surface area contributed by atoms with E-state index in [4.69, 9.17) is 4.74 Å². The van der Waals surface area contributed by atoms with Crippen LogP contribution >= 0.6 is 0 Å². The van der Waals surface area contributed by atoms with Crippen molar-refractivity contribution in [1.82, 2.24) is 24.6 Å². The summed E-state index contributed by atoms with van der Waals surface area (Å²) in [5, 5.41) is 4.25. The lowest BCUT2D eigenvalue weighted by atomic mass is 10.3. The highest BCUT2D eigenvalue weighted by molar-refractivity contribution is 5.48. The van der Waals surface area contributed by atoms with Gasteiger partial charge in [0.2, 0.25) is 0 Å². The second kappa shape index (κ2) is 7.61. The van der Waals surface area contributed by atoms with E-state index in [2.05, 4.69) is 31.1 Å². The minimum absolute atomic E-state index is 0.0921. The molecule has 7 heteroatoms. The van der Waals surface area contributed by atoms with E-state index in [0.717, 1.165) is 45.0 Å². The average Bonchev–Trinajstić information content (AvgIpc) is 2.81. The van der Waals surface area contributed by atoms with Crippen molar-refractivity contribution in [2.75, 3.05) is 31.1 Å². The second-order valence-electron chi connectivity index (χ2n) is 6.49. The number of hydrogen-bond acceptors (Lipinski definition) is 6. The van der Waals surface area contributed by atoms with E-state index in [1.54, 1.807) is 12.4 Å². The Morgan fingerprint density at radius 2 is 1.96 bits per heavy atom. The number of aromatic nitrogens is 4. The maximum Gasteiger partial charge on any atom is 0.257 e. The van der Waals surface area contributed by atoms with Crippen molar-refractivity contribution in [2.45, 2.75) is 32.9 Å². The third kappa shape index (κ3) is 4.23. The molecule has 3 rings (SSSR count). The summed E-state index contributed by atoms with van der Waals surface area (Å²) in [6.45, 7) is 8.92. The molecule has 1 fully saturated rings. The summed E-state index contributed by atoms with van der Waals surface area (Å²) in [7, 11) is 1.96. The summed E-state index contributed by atoms with van der Waals surface area (Å²) in [5.74, 6) is 1.49. The SMILES string of the molecule is CC(C)Oc1nccnc1N1CCCN(Cc2cnn(C)c2)CC1. The lowest BCUT2D eigenvalue weighted by Gasteiger charge is -2.24. The number of rotatable bonds is 5. The van der Waals surface area contributed by atoms with Gasteiger partial charge in [-0.05, 0) is 20.3 Å². The van der Waals surface area contributed by atoms with Crippen LogP contribution in [-0.4, -0.2) is 56.9 Å². The van der Waals surface area contributed by atoms with Crippen LogP contribution in [0.3, 0.4) is 0 Å². The molecule has 0 amide bonds. The van der Waals surface area contributed by atoms with Crippen LogP contribution in [0.25, 0.3) is 0 Å². The predicted octanol–water partition coefficient (Wildman–Crippen LogP) is 1.71. The molecule has 3 heterocycles. The molecule has 0 unspecified atom stereocenters. The van der Waals surface area contributed by atoms with Crippen molar-refractivity contribution in [3.63, 3.8) is 0 Å². The lowest BCUT2D eigenvalue weighted by Crippen LogP contribution is -2.31. The molecule has 0 N–H and O–H groups in total. The standard InChI is InChI=1S/C17H26N6O/c1-14(2)24-17-16(18-5-6-19-17)23-8-4-7-22(9-10-23)13-15-11-20-21(3)12-15/h5-6,11-12,14H,4,7-10,13H2,1-3H3. The van der Waals surface area contributed by atoms with Gasteiger partial charge >= 0.3 is 0 Å². The Hall–Kier alpha value is -2.15. The van der Waals surface area contributed by atoms with E-state index in [1.807, 2.05) is 31.8 Å². The molecule has 0 atom stereocenters. The van der Waals surface area contributed by atoms with Crippen LogP contribution in [-0.2, 0) is 13.6 Å². The fourth-order valence-corrected chi connectivity index (χ4v) is 2.99. The second-order valence-corrected chi connectivity index (χ2v) is 6.49. The Morgan fingerprint density at radius 3 is 2.71 bits per heavy atom. The van der Waals surface area contributed by atoms with Crippen molar-refractivity contribution in [1.29, 1.82) is 0 Å². The zero-order valence-electron chi connectivity index (χ0n) is 14.7. The average molecular weight is 330 g/mol. The fourth-order valence-electron chi connectivity index (χ4n) is 2.99. The highest BCUT2D eigenvalue weighted by Gasteiger charge is 2.20. The van der Waals surface area contributed by atoms with E-state index < -0.39 is 0 Å². The number of nitrogens with zero attached hydrogens (tertiary/aromatic N) is 6. The van der Waals surface area contributed by atoms with E-state index in [0.29, 0.717) is 5.88 Å². The summed E-state index contributed by atoms with van der Waals surface area (Å²) >= 11 is 0. The maximum atomic E-state index is 5.82. The largest absolute Gasteiger partial charge is 0.472 e. The van der Waals surface area contributed by atoms with Gasteiger partial charge in [0.15, 0.2) is 5.82 Å². The van der Waals surface area contributed by atoms with Crippen molar-refractivity contribution in [3.05, 3.63) is 30.4 Å². The molecule has 24 heavy (non-hydrogen) atoms. The van der Waals surface area contributed by atoms with Gasteiger partial charge in [-0.15, -0.1) is 0 Å². The molecule has 0 radical (unpaired) electrons. The Kier molecular flexibility index (Phi) is 5.30. The van der Waals surface area contributed by atoms with Crippen LogP contribution in [0.4, 0.5) is 5.82 Å². The van der Waals surface area contributed by atoms with Crippen LogP contribution in [0.5, 0.6) is 5.88 Å². The van der Waals surface area contributed by atoms with Gasteiger partial charge in [-0.3, -0.25) is 9.58 Å².